The highest BCUT2D eigenvalue weighted by molar-refractivity contribution is 7.15. The lowest BCUT2D eigenvalue weighted by molar-refractivity contribution is 0.619. The lowest BCUT2D eigenvalue weighted by Crippen LogP contribution is -2.02. The van der Waals surface area contributed by atoms with E-state index in [1.54, 1.807) is 24.3 Å². The van der Waals surface area contributed by atoms with Gasteiger partial charge in [0.05, 0.1) is 0 Å². The maximum atomic E-state index is 13.2. The summed E-state index contributed by atoms with van der Waals surface area (Å²) < 4.78 is 13.2. The smallest absolute Gasteiger partial charge is 0.126 e. The topological polar surface area (TPSA) is 12.0 Å². The van der Waals surface area contributed by atoms with E-state index in [0.29, 0.717) is 5.56 Å². The number of aryl methyl sites for hydroxylation is 2. The molecule has 1 nitrogen and oxygen atoms in total. The Kier molecular flexibility index (Phi) is 3.60. The van der Waals surface area contributed by atoms with E-state index in [1.165, 1.54) is 15.3 Å². The Hall–Kier alpha value is -1.19. The minimum absolute atomic E-state index is 0.140. The van der Waals surface area contributed by atoms with Gasteiger partial charge in [-0.1, -0.05) is 6.07 Å². The quantitative estimate of drug-likeness (QED) is 0.870. The first-order valence-electron chi connectivity index (χ1n) is 5.62. The molecule has 0 aliphatic heterocycles. The Morgan fingerprint density at radius 1 is 1.18 bits per heavy atom. The molecule has 0 radical (unpaired) electrons. The molecule has 1 N–H and O–H groups in total. The van der Waals surface area contributed by atoms with Crippen LogP contribution >= 0.6 is 11.3 Å². The molecule has 0 saturated heterocycles. The normalized spacial score (nSPS) is 10.8. The second kappa shape index (κ2) is 4.98. The number of hydrogen-bond acceptors (Lipinski definition) is 2. The predicted molar refractivity (Wildman–Crippen MR) is 72.0 cm³/mol. The molecule has 0 unspecified atom stereocenters. The minimum Gasteiger partial charge on any atom is -0.315 e. The van der Waals surface area contributed by atoms with Gasteiger partial charge >= 0.3 is 0 Å². The lowest BCUT2D eigenvalue weighted by Gasteiger charge is -2.02. The third-order valence-electron chi connectivity index (χ3n) is 2.74. The van der Waals surface area contributed by atoms with Crippen molar-refractivity contribution in [2.45, 2.75) is 20.4 Å². The van der Waals surface area contributed by atoms with Gasteiger partial charge in [0.25, 0.3) is 0 Å². The fraction of sp³-hybridized carbons (Fsp3) is 0.286. The molecule has 0 aliphatic rings. The van der Waals surface area contributed by atoms with Crippen LogP contribution in [-0.4, -0.2) is 7.05 Å². The average molecular weight is 249 g/mol. The standard InChI is InChI=1S/C14H16FNS/c1-9-6-11(4-5-13(9)15)14-10(2)7-12(17-14)8-16-3/h4-7,16H,8H2,1-3H3. The number of benzene rings is 1. The molecule has 17 heavy (non-hydrogen) atoms. The van der Waals surface area contributed by atoms with Crippen LogP contribution in [0.2, 0.25) is 0 Å². The molecule has 0 atom stereocenters. The van der Waals surface area contributed by atoms with Crippen molar-refractivity contribution in [2.24, 2.45) is 0 Å². The monoisotopic (exact) mass is 249 g/mol. The van der Waals surface area contributed by atoms with Crippen molar-refractivity contribution in [3.63, 3.8) is 0 Å². The zero-order chi connectivity index (χ0) is 12.4. The van der Waals surface area contributed by atoms with Gasteiger partial charge in [-0.05, 0) is 55.8 Å². The Balaban J connectivity index is 2.41. The van der Waals surface area contributed by atoms with E-state index in [4.69, 9.17) is 0 Å². The summed E-state index contributed by atoms with van der Waals surface area (Å²) in [5, 5.41) is 3.15. The Morgan fingerprint density at radius 2 is 1.94 bits per heavy atom. The summed E-state index contributed by atoms with van der Waals surface area (Å²) in [6.07, 6.45) is 0. The molecule has 90 valence electrons. The van der Waals surface area contributed by atoms with Gasteiger partial charge in [0.1, 0.15) is 5.82 Å². The van der Waals surface area contributed by atoms with Gasteiger partial charge in [0, 0.05) is 16.3 Å². The number of hydrogen-bond donors (Lipinski definition) is 1. The zero-order valence-corrected chi connectivity index (χ0v) is 11.1. The van der Waals surface area contributed by atoms with Crippen LogP contribution in [0.4, 0.5) is 4.39 Å². The van der Waals surface area contributed by atoms with Crippen LogP contribution in [0.5, 0.6) is 0 Å². The van der Waals surface area contributed by atoms with Crippen LogP contribution in [-0.2, 0) is 6.54 Å². The maximum Gasteiger partial charge on any atom is 0.126 e. The molecule has 1 aromatic carbocycles. The van der Waals surface area contributed by atoms with Gasteiger partial charge in [-0.3, -0.25) is 0 Å². The van der Waals surface area contributed by atoms with E-state index in [1.807, 2.05) is 19.2 Å². The molecule has 0 aliphatic carbocycles. The molecule has 1 heterocycles. The Morgan fingerprint density at radius 3 is 2.59 bits per heavy atom. The molecule has 0 bridgehead atoms. The summed E-state index contributed by atoms with van der Waals surface area (Å²) in [4.78, 5) is 2.54. The summed E-state index contributed by atoms with van der Waals surface area (Å²) >= 11 is 1.77. The van der Waals surface area contributed by atoms with E-state index in [2.05, 4.69) is 18.3 Å². The highest BCUT2D eigenvalue weighted by Crippen LogP contribution is 2.33. The average Bonchev–Trinajstić information content (AvgIpc) is 2.64. The summed E-state index contributed by atoms with van der Waals surface area (Å²) in [5.41, 5.74) is 3.06. The SMILES string of the molecule is CNCc1cc(C)c(-c2ccc(F)c(C)c2)s1. The fourth-order valence-corrected chi connectivity index (χ4v) is 3.06. The predicted octanol–water partition coefficient (Wildman–Crippen LogP) is 3.89. The van der Waals surface area contributed by atoms with Gasteiger partial charge in [-0.2, -0.15) is 0 Å². The van der Waals surface area contributed by atoms with Crippen LogP contribution in [0, 0.1) is 19.7 Å². The molecule has 2 rings (SSSR count). The number of rotatable bonds is 3. The Bertz CT molecular complexity index is 531. The maximum absolute atomic E-state index is 13.2. The van der Waals surface area contributed by atoms with E-state index in [-0.39, 0.29) is 5.82 Å². The highest BCUT2D eigenvalue weighted by atomic mass is 32.1. The van der Waals surface area contributed by atoms with Crippen molar-refractivity contribution in [1.29, 1.82) is 0 Å². The van der Waals surface area contributed by atoms with E-state index < -0.39 is 0 Å². The molecule has 1 aromatic heterocycles. The van der Waals surface area contributed by atoms with E-state index >= 15 is 0 Å². The largest absolute Gasteiger partial charge is 0.315 e. The van der Waals surface area contributed by atoms with Crippen molar-refractivity contribution in [1.82, 2.24) is 5.32 Å². The number of nitrogens with one attached hydrogen (secondary N) is 1. The van der Waals surface area contributed by atoms with Crippen molar-refractivity contribution in [3.8, 4) is 10.4 Å². The molecule has 3 heteroatoms. The van der Waals surface area contributed by atoms with Crippen LogP contribution in [0.3, 0.4) is 0 Å². The number of thiophene rings is 1. The summed E-state index contributed by atoms with van der Waals surface area (Å²) in [5.74, 6) is -0.140. The van der Waals surface area contributed by atoms with Crippen LogP contribution in [0.1, 0.15) is 16.0 Å². The summed E-state index contributed by atoms with van der Waals surface area (Å²) in [6.45, 7) is 4.78. The minimum atomic E-state index is -0.140. The second-order valence-electron chi connectivity index (χ2n) is 4.22. The van der Waals surface area contributed by atoms with Gasteiger partial charge in [-0.25, -0.2) is 4.39 Å². The molecular weight excluding hydrogens is 233 g/mol. The van der Waals surface area contributed by atoms with Crippen molar-refractivity contribution >= 4 is 11.3 Å². The third kappa shape index (κ3) is 2.56. The fourth-order valence-electron chi connectivity index (χ4n) is 1.88. The molecular formula is C14H16FNS. The third-order valence-corrected chi connectivity index (χ3v) is 4.03. The highest BCUT2D eigenvalue weighted by Gasteiger charge is 2.08. The van der Waals surface area contributed by atoms with Crippen LogP contribution in [0.15, 0.2) is 24.3 Å². The van der Waals surface area contributed by atoms with Crippen molar-refractivity contribution in [3.05, 3.63) is 46.1 Å². The molecule has 0 spiro atoms. The Labute approximate surface area is 105 Å². The first kappa shape index (κ1) is 12.3. The molecule has 0 fully saturated rings. The molecule has 0 saturated carbocycles. The van der Waals surface area contributed by atoms with Gasteiger partial charge < -0.3 is 5.32 Å². The summed E-state index contributed by atoms with van der Waals surface area (Å²) in [6, 6.07) is 7.50. The van der Waals surface area contributed by atoms with Crippen molar-refractivity contribution < 1.29 is 4.39 Å². The first-order chi connectivity index (χ1) is 8.11. The number of halogens is 1. The molecule has 0 amide bonds. The first-order valence-corrected chi connectivity index (χ1v) is 6.44. The van der Waals surface area contributed by atoms with E-state index in [0.717, 1.165) is 12.1 Å². The zero-order valence-electron chi connectivity index (χ0n) is 10.3. The van der Waals surface area contributed by atoms with Gasteiger partial charge in [-0.15, -0.1) is 11.3 Å². The second-order valence-corrected chi connectivity index (χ2v) is 5.36. The lowest BCUT2D eigenvalue weighted by atomic mass is 10.1. The van der Waals surface area contributed by atoms with Crippen molar-refractivity contribution in [2.75, 3.05) is 7.05 Å². The van der Waals surface area contributed by atoms with Crippen LogP contribution < -0.4 is 5.32 Å². The van der Waals surface area contributed by atoms with Gasteiger partial charge in [0.15, 0.2) is 0 Å². The van der Waals surface area contributed by atoms with Gasteiger partial charge in [0.2, 0.25) is 0 Å². The van der Waals surface area contributed by atoms with Crippen LogP contribution in [0.25, 0.3) is 10.4 Å². The van der Waals surface area contributed by atoms with E-state index in [9.17, 15) is 4.39 Å². The summed E-state index contributed by atoms with van der Waals surface area (Å²) in [7, 11) is 1.94. The molecule has 2 aromatic rings.